The molecule has 1 aromatic rings. The topological polar surface area (TPSA) is 110 Å². The third-order valence-electron chi connectivity index (χ3n) is 3.22. The number of ether oxygens (including phenoxy) is 1. The Balaban J connectivity index is 2.39. The van der Waals surface area contributed by atoms with Crippen LogP contribution in [0, 0.1) is 0 Å². The first-order chi connectivity index (χ1) is 9.93. The monoisotopic (exact) mass is 292 g/mol. The minimum Gasteiger partial charge on any atom is -0.515 e. The first-order valence-electron chi connectivity index (χ1n) is 6.22. The number of aliphatic hydroxyl groups is 3. The predicted molar refractivity (Wildman–Crippen MR) is 74.8 cm³/mol. The second-order valence-electron chi connectivity index (χ2n) is 4.66. The molecule has 1 aromatic carbocycles. The fourth-order valence-electron chi connectivity index (χ4n) is 2.18. The van der Waals surface area contributed by atoms with Gasteiger partial charge < -0.3 is 30.3 Å². The molecule has 1 unspecified atom stereocenters. The van der Waals surface area contributed by atoms with E-state index in [9.17, 15) is 20.4 Å². The van der Waals surface area contributed by atoms with Crippen molar-refractivity contribution in [3.05, 3.63) is 59.8 Å². The van der Waals surface area contributed by atoms with Gasteiger partial charge in [0.2, 0.25) is 0 Å². The zero-order valence-electron chi connectivity index (χ0n) is 11.1. The number of rotatable bonds is 3. The summed E-state index contributed by atoms with van der Waals surface area (Å²) in [4.78, 5) is 0. The van der Waals surface area contributed by atoms with Gasteiger partial charge in [-0.05, 0) is 17.7 Å². The van der Waals surface area contributed by atoms with Gasteiger partial charge in [-0.2, -0.15) is 0 Å². The Labute approximate surface area is 121 Å². The van der Waals surface area contributed by atoms with Gasteiger partial charge in [-0.15, -0.1) is 0 Å². The highest BCUT2D eigenvalue weighted by Gasteiger charge is 2.32. The zero-order valence-corrected chi connectivity index (χ0v) is 11.1. The van der Waals surface area contributed by atoms with Crippen LogP contribution in [0.25, 0.3) is 0 Å². The van der Waals surface area contributed by atoms with Gasteiger partial charge in [-0.1, -0.05) is 12.6 Å². The first kappa shape index (κ1) is 14.8. The summed E-state index contributed by atoms with van der Waals surface area (Å²) in [6.45, 7) is 3.39. The Morgan fingerprint density at radius 2 is 2.00 bits per heavy atom. The van der Waals surface area contributed by atoms with E-state index in [1.54, 1.807) is 0 Å². The van der Waals surface area contributed by atoms with Crippen molar-refractivity contribution in [1.29, 1.82) is 0 Å². The number of aliphatic hydroxyl groups excluding tert-OH is 3. The number of phenolic OH excluding ortho intramolecular Hbond substituents is 2. The van der Waals surface area contributed by atoms with Gasteiger partial charge in [0.25, 0.3) is 0 Å². The lowest BCUT2D eigenvalue weighted by atomic mass is 9.93. The summed E-state index contributed by atoms with van der Waals surface area (Å²) < 4.78 is 5.56. The second-order valence-corrected chi connectivity index (χ2v) is 4.66. The van der Waals surface area contributed by atoms with Crippen LogP contribution in [0.15, 0.2) is 54.2 Å². The molecule has 1 heterocycles. The van der Waals surface area contributed by atoms with Crippen LogP contribution < -0.4 is 0 Å². The van der Waals surface area contributed by atoms with Crippen LogP contribution >= 0.6 is 0 Å². The Hall–Kier alpha value is -2.60. The van der Waals surface area contributed by atoms with Crippen molar-refractivity contribution in [2.45, 2.75) is 18.6 Å². The standard InChI is InChI=1S/C15H16O6/c1-8(17)10-7-13(20)15(21-14(10)4-5-16)9-2-3-11(18)12(19)6-9/h2-6,13,15-20H,1,7H2/b5-4+/t13?,15-/m1/s1. The van der Waals surface area contributed by atoms with Crippen molar-refractivity contribution in [3.8, 4) is 11.5 Å². The Morgan fingerprint density at radius 1 is 1.29 bits per heavy atom. The van der Waals surface area contributed by atoms with E-state index in [-0.39, 0.29) is 35.0 Å². The molecule has 0 aromatic heterocycles. The summed E-state index contributed by atoms with van der Waals surface area (Å²) in [5.74, 6) is -0.689. The smallest absolute Gasteiger partial charge is 0.157 e. The highest BCUT2D eigenvalue weighted by Crippen LogP contribution is 2.38. The largest absolute Gasteiger partial charge is 0.515 e. The lowest BCUT2D eigenvalue weighted by Crippen LogP contribution is -2.27. The molecule has 112 valence electrons. The molecule has 21 heavy (non-hydrogen) atoms. The van der Waals surface area contributed by atoms with Crippen molar-refractivity contribution < 1.29 is 30.3 Å². The molecular weight excluding hydrogens is 276 g/mol. The number of phenols is 2. The van der Waals surface area contributed by atoms with Crippen LogP contribution in [-0.4, -0.2) is 31.6 Å². The second kappa shape index (κ2) is 5.80. The number of benzene rings is 1. The molecule has 6 heteroatoms. The van der Waals surface area contributed by atoms with Crippen molar-refractivity contribution in [2.24, 2.45) is 0 Å². The molecule has 1 aliphatic heterocycles. The molecule has 2 atom stereocenters. The minimum absolute atomic E-state index is 0.0707. The van der Waals surface area contributed by atoms with Gasteiger partial charge >= 0.3 is 0 Å². The van der Waals surface area contributed by atoms with E-state index in [2.05, 4.69) is 6.58 Å². The normalized spacial score (nSPS) is 22.3. The van der Waals surface area contributed by atoms with Crippen molar-refractivity contribution in [3.63, 3.8) is 0 Å². The molecule has 0 amide bonds. The van der Waals surface area contributed by atoms with Gasteiger partial charge in [-0.25, -0.2) is 0 Å². The van der Waals surface area contributed by atoms with Gasteiger partial charge in [0, 0.05) is 18.1 Å². The number of hydrogen-bond donors (Lipinski definition) is 5. The van der Waals surface area contributed by atoms with E-state index in [0.717, 1.165) is 6.26 Å². The lowest BCUT2D eigenvalue weighted by molar-refractivity contribution is -0.0181. The summed E-state index contributed by atoms with van der Waals surface area (Å²) >= 11 is 0. The van der Waals surface area contributed by atoms with Crippen molar-refractivity contribution >= 4 is 0 Å². The van der Waals surface area contributed by atoms with E-state index < -0.39 is 12.2 Å². The molecule has 0 spiro atoms. The molecule has 1 aliphatic rings. The summed E-state index contributed by atoms with van der Waals surface area (Å²) in [6.07, 6.45) is 0.257. The Kier molecular flexibility index (Phi) is 4.09. The minimum atomic E-state index is -0.983. The average molecular weight is 292 g/mol. The number of allylic oxidation sites excluding steroid dienone is 2. The molecule has 0 radical (unpaired) electrons. The molecule has 0 aliphatic carbocycles. The lowest BCUT2D eigenvalue weighted by Gasteiger charge is -2.31. The fourth-order valence-corrected chi connectivity index (χ4v) is 2.18. The van der Waals surface area contributed by atoms with Crippen LogP contribution in [0.4, 0.5) is 0 Å². The molecule has 0 saturated heterocycles. The first-order valence-corrected chi connectivity index (χ1v) is 6.22. The average Bonchev–Trinajstić information content (AvgIpc) is 2.43. The van der Waals surface area contributed by atoms with E-state index in [1.807, 2.05) is 0 Å². The van der Waals surface area contributed by atoms with E-state index in [1.165, 1.54) is 24.3 Å². The van der Waals surface area contributed by atoms with E-state index >= 15 is 0 Å². The molecular formula is C15H16O6. The van der Waals surface area contributed by atoms with Crippen LogP contribution in [0.2, 0.25) is 0 Å². The molecule has 0 fully saturated rings. The van der Waals surface area contributed by atoms with Gasteiger partial charge in [-0.3, -0.25) is 0 Å². The summed E-state index contributed by atoms with van der Waals surface area (Å²) in [6, 6.07) is 4.07. The fraction of sp³-hybridized carbons (Fsp3) is 0.200. The third kappa shape index (κ3) is 2.95. The van der Waals surface area contributed by atoms with Crippen molar-refractivity contribution in [2.75, 3.05) is 0 Å². The molecule has 0 saturated carbocycles. The third-order valence-corrected chi connectivity index (χ3v) is 3.22. The quantitative estimate of drug-likeness (QED) is 0.432. The molecule has 0 bridgehead atoms. The Bertz CT molecular complexity index is 617. The molecule has 6 nitrogen and oxygen atoms in total. The maximum atomic E-state index is 10.1. The highest BCUT2D eigenvalue weighted by molar-refractivity contribution is 5.43. The molecule has 5 N–H and O–H groups in total. The zero-order chi connectivity index (χ0) is 15.6. The van der Waals surface area contributed by atoms with E-state index in [0.29, 0.717) is 5.56 Å². The van der Waals surface area contributed by atoms with E-state index in [4.69, 9.17) is 9.84 Å². The Morgan fingerprint density at radius 3 is 2.57 bits per heavy atom. The summed E-state index contributed by atoms with van der Waals surface area (Å²) in [7, 11) is 0. The van der Waals surface area contributed by atoms with Crippen LogP contribution in [0.3, 0.4) is 0 Å². The SMILES string of the molecule is C=C(O)C1=C(/C=C/O)O[C@H](c2ccc(O)c(O)c2)C(O)C1. The summed E-state index contributed by atoms with van der Waals surface area (Å²) in [5.41, 5.74) is 0.733. The maximum Gasteiger partial charge on any atom is 0.157 e. The predicted octanol–water partition coefficient (Wildman–Crippen LogP) is 2.32. The van der Waals surface area contributed by atoms with Crippen LogP contribution in [-0.2, 0) is 4.74 Å². The van der Waals surface area contributed by atoms with Gasteiger partial charge in [0.15, 0.2) is 11.5 Å². The maximum absolute atomic E-state index is 10.1. The number of hydrogen-bond acceptors (Lipinski definition) is 6. The molecule has 2 rings (SSSR count). The highest BCUT2D eigenvalue weighted by atomic mass is 16.5. The number of aromatic hydroxyl groups is 2. The van der Waals surface area contributed by atoms with Crippen LogP contribution in [0.1, 0.15) is 18.1 Å². The summed E-state index contributed by atoms with van der Waals surface area (Å²) in [5, 5.41) is 47.3. The van der Waals surface area contributed by atoms with Gasteiger partial charge in [0.05, 0.1) is 12.4 Å². The van der Waals surface area contributed by atoms with Crippen molar-refractivity contribution in [1.82, 2.24) is 0 Å². The van der Waals surface area contributed by atoms with Gasteiger partial charge in [0.1, 0.15) is 17.6 Å². The van der Waals surface area contributed by atoms with Crippen LogP contribution in [0.5, 0.6) is 11.5 Å².